The van der Waals surface area contributed by atoms with Gasteiger partial charge in [0, 0.05) is 41.3 Å². The second-order valence-corrected chi connectivity index (χ2v) is 9.80. The van der Waals surface area contributed by atoms with Gasteiger partial charge in [-0.25, -0.2) is 0 Å². The summed E-state index contributed by atoms with van der Waals surface area (Å²) in [6.07, 6.45) is 3.16. The second-order valence-electron chi connectivity index (χ2n) is 9.80. The summed E-state index contributed by atoms with van der Waals surface area (Å²) >= 11 is 0. The van der Waals surface area contributed by atoms with Gasteiger partial charge in [-0.05, 0) is 60.9 Å². The molecule has 0 bridgehead atoms. The fraction of sp³-hybridized carbons (Fsp3) is 0.242. The smallest absolute Gasteiger partial charge is 0.310 e. The molecule has 5 aromatic rings. The molecule has 7 heteroatoms. The quantitative estimate of drug-likeness (QED) is 0.184. The van der Waals surface area contributed by atoms with Crippen molar-refractivity contribution in [2.45, 2.75) is 39.5 Å². The molecule has 2 heterocycles. The van der Waals surface area contributed by atoms with Gasteiger partial charge in [0.2, 0.25) is 0 Å². The minimum absolute atomic E-state index is 0.103. The molecule has 0 saturated carbocycles. The van der Waals surface area contributed by atoms with Gasteiger partial charge in [-0.2, -0.15) is 0 Å². The first kappa shape index (κ1) is 27.2. The van der Waals surface area contributed by atoms with Crippen molar-refractivity contribution >= 4 is 16.9 Å². The van der Waals surface area contributed by atoms with E-state index >= 15 is 0 Å². The summed E-state index contributed by atoms with van der Waals surface area (Å²) in [5.41, 5.74) is 13.4. The first-order chi connectivity index (χ1) is 19.5. The molecular formula is C33H33NO6. The Bertz CT molecular complexity index is 1600. The van der Waals surface area contributed by atoms with Crippen molar-refractivity contribution in [3.05, 3.63) is 102 Å². The molecule has 1 atom stereocenters. The highest BCUT2D eigenvalue weighted by molar-refractivity contribution is 6.03. The predicted molar refractivity (Wildman–Crippen MR) is 154 cm³/mol. The molecule has 2 N–H and O–H groups in total. The Labute approximate surface area is 233 Å². The van der Waals surface area contributed by atoms with Gasteiger partial charge in [-0.15, -0.1) is 0 Å². The lowest BCUT2D eigenvalue weighted by atomic mass is 9.96. The van der Waals surface area contributed by atoms with Crippen LogP contribution in [0.15, 0.2) is 88.1 Å². The molecular weight excluding hydrogens is 506 g/mol. The Hall–Kier alpha value is -4.33. The molecule has 5 rings (SSSR count). The number of hydrogen-bond acceptors (Lipinski definition) is 7. The summed E-state index contributed by atoms with van der Waals surface area (Å²) in [6, 6.07) is 21.8. The fourth-order valence-corrected chi connectivity index (χ4v) is 4.95. The lowest BCUT2D eigenvalue weighted by molar-refractivity contribution is -0.149. The van der Waals surface area contributed by atoms with Crippen molar-refractivity contribution < 1.29 is 27.8 Å². The third kappa shape index (κ3) is 5.96. The molecule has 206 valence electrons. The average molecular weight is 540 g/mol. The second kappa shape index (κ2) is 12.2. The number of fused-ring (bicyclic) bond motifs is 1. The van der Waals surface area contributed by atoms with Crippen LogP contribution in [-0.2, 0) is 33.8 Å². The Morgan fingerprint density at radius 2 is 1.85 bits per heavy atom. The number of rotatable bonds is 11. The first-order valence-corrected chi connectivity index (χ1v) is 13.2. The number of hydrogen-bond donors (Lipinski definition) is 1. The van der Waals surface area contributed by atoms with Crippen LogP contribution in [0.25, 0.3) is 33.2 Å². The number of ether oxygens (including phenoxy) is 3. The molecule has 1 unspecified atom stereocenters. The summed E-state index contributed by atoms with van der Waals surface area (Å²) in [5, 5.41) is 0.970. The van der Waals surface area contributed by atoms with E-state index in [-0.39, 0.29) is 18.5 Å². The van der Waals surface area contributed by atoms with Crippen molar-refractivity contribution in [2.24, 2.45) is 5.73 Å². The molecule has 2 aromatic heterocycles. The van der Waals surface area contributed by atoms with Crippen LogP contribution in [0.4, 0.5) is 0 Å². The standard InChI is InChI=1S/C33H33NO6/c1-21(18-36-3)39-31(35)16-26-8-4-5-10-30(26)38-19-24-14-28(25-9-6-7-23(13-25)17-34)33-29(15-24)32(22(2)40-33)27-11-12-37-20-27/h4-15,20-21H,16-19,34H2,1-3H3. The van der Waals surface area contributed by atoms with E-state index in [1.165, 1.54) is 0 Å². The summed E-state index contributed by atoms with van der Waals surface area (Å²) in [6.45, 7) is 4.84. The van der Waals surface area contributed by atoms with E-state index in [2.05, 4.69) is 24.3 Å². The molecule has 0 aliphatic rings. The molecule has 0 saturated heterocycles. The monoisotopic (exact) mass is 539 g/mol. The number of benzene rings is 3. The van der Waals surface area contributed by atoms with Crippen LogP contribution in [0.2, 0.25) is 0 Å². The number of furan rings is 2. The summed E-state index contributed by atoms with van der Waals surface area (Å²) < 4.78 is 28.5. The van der Waals surface area contributed by atoms with Gasteiger partial charge in [0.15, 0.2) is 0 Å². The predicted octanol–water partition coefficient (Wildman–Crippen LogP) is 6.83. The number of aryl methyl sites for hydroxylation is 1. The molecule has 40 heavy (non-hydrogen) atoms. The third-order valence-electron chi connectivity index (χ3n) is 6.74. The Kier molecular flexibility index (Phi) is 8.34. The first-order valence-electron chi connectivity index (χ1n) is 13.2. The van der Waals surface area contributed by atoms with Crippen molar-refractivity contribution in [1.82, 2.24) is 0 Å². The van der Waals surface area contributed by atoms with Crippen LogP contribution in [0.5, 0.6) is 5.75 Å². The normalized spacial score (nSPS) is 12.0. The van der Waals surface area contributed by atoms with Gasteiger partial charge in [0.05, 0.1) is 25.6 Å². The Morgan fingerprint density at radius 3 is 2.62 bits per heavy atom. The molecule has 0 aliphatic heterocycles. The Morgan fingerprint density at radius 1 is 1.00 bits per heavy atom. The van der Waals surface area contributed by atoms with Crippen LogP contribution in [0.1, 0.15) is 29.4 Å². The number of carbonyl (C=O) groups excluding carboxylic acids is 1. The average Bonchev–Trinajstić information content (AvgIpc) is 3.59. The third-order valence-corrected chi connectivity index (χ3v) is 6.74. The highest BCUT2D eigenvalue weighted by atomic mass is 16.6. The number of nitrogens with two attached hydrogens (primary N) is 1. The van der Waals surface area contributed by atoms with E-state index in [1.807, 2.05) is 49.4 Å². The number of para-hydroxylation sites is 1. The van der Waals surface area contributed by atoms with Crippen LogP contribution in [-0.4, -0.2) is 25.8 Å². The highest BCUT2D eigenvalue weighted by Crippen LogP contribution is 2.40. The van der Waals surface area contributed by atoms with Crippen molar-refractivity contribution in [2.75, 3.05) is 13.7 Å². The van der Waals surface area contributed by atoms with Crippen LogP contribution < -0.4 is 10.5 Å². The van der Waals surface area contributed by atoms with E-state index in [4.69, 9.17) is 28.8 Å². The molecule has 0 fully saturated rings. The fourth-order valence-electron chi connectivity index (χ4n) is 4.95. The molecule has 0 aliphatic carbocycles. The Balaban J connectivity index is 1.49. The van der Waals surface area contributed by atoms with Gasteiger partial charge in [-0.3, -0.25) is 4.79 Å². The van der Waals surface area contributed by atoms with Crippen molar-refractivity contribution in [3.8, 4) is 28.0 Å². The summed E-state index contributed by atoms with van der Waals surface area (Å²) in [4.78, 5) is 12.5. The highest BCUT2D eigenvalue weighted by Gasteiger charge is 2.20. The summed E-state index contributed by atoms with van der Waals surface area (Å²) in [5.74, 6) is 1.10. The van der Waals surface area contributed by atoms with E-state index in [0.29, 0.717) is 25.5 Å². The van der Waals surface area contributed by atoms with E-state index < -0.39 is 0 Å². The zero-order valence-corrected chi connectivity index (χ0v) is 22.9. The summed E-state index contributed by atoms with van der Waals surface area (Å²) in [7, 11) is 1.58. The molecule has 3 aromatic carbocycles. The van der Waals surface area contributed by atoms with Gasteiger partial charge in [0.1, 0.15) is 29.8 Å². The zero-order chi connectivity index (χ0) is 28.1. The molecule has 0 spiro atoms. The maximum atomic E-state index is 12.5. The number of methoxy groups -OCH3 is 1. The minimum atomic E-state index is -0.331. The maximum Gasteiger partial charge on any atom is 0.310 e. The van der Waals surface area contributed by atoms with Crippen LogP contribution in [0, 0.1) is 6.92 Å². The van der Waals surface area contributed by atoms with Gasteiger partial charge >= 0.3 is 5.97 Å². The zero-order valence-electron chi connectivity index (χ0n) is 22.9. The van der Waals surface area contributed by atoms with Gasteiger partial charge in [-0.1, -0.05) is 36.4 Å². The van der Waals surface area contributed by atoms with Crippen LogP contribution in [0.3, 0.4) is 0 Å². The minimum Gasteiger partial charge on any atom is -0.489 e. The number of esters is 1. The van der Waals surface area contributed by atoms with E-state index in [0.717, 1.165) is 55.7 Å². The van der Waals surface area contributed by atoms with E-state index in [1.54, 1.807) is 26.6 Å². The lowest BCUT2D eigenvalue weighted by Crippen LogP contribution is -2.21. The SMILES string of the molecule is COCC(C)OC(=O)Cc1ccccc1OCc1cc(-c2cccc(CN)c2)c2oc(C)c(-c3ccoc3)c2c1. The van der Waals surface area contributed by atoms with Crippen molar-refractivity contribution in [3.63, 3.8) is 0 Å². The topological polar surface area (TPSA) is 97.1 Å². The van der Waals surface area contributed by atoms with Gasteiger partial charge in [0.25, 0.3) is 0 Å². The molecule has 0 amide bonds. The number of carbonyl (C=O) groups is 1. The molecule has 7 nitrogen and oxygen atoms in total. The van der Waals surface area contributed by atoms with E-state index in [9.17, 15) is 4.79 Å². The van der Waals surface area contributed by atoms with Crippen molar-refractivity contribution in [1.29, 1.82) is 0 Å². The molecule has 0 radical (unpaired) electrons. The largest absolute Gasteiger partial charge is 0.489 e. The lowest BCUT2D eigenvalue weighted by Gasteiger charge is -2.15. The maximum absolute atomic E-state index is 12.5. The van der Waals surface area contributed by atoms with Gasteiger partial charge < -0.3 is 28.8 Å². The van der Waals surface area contributed by atoms with Crippen LogP contribution >= 0.6 is 0 Å².